The highest BCUT2D eigenvalue weighted by atomic mass is 16.3. The zero-order valence-electron chi connectivity index (χ0n) is 7.13. The summed E-state index contributed by atoms with van der Waals surface area (Å²) in [4.78, 5) is 14.3. The second-order valence-corrected chi connectivity index (χ2v) is 2.24. The molecule has 4 nitrogen and oxygen atoms in total. The van der Waals surface area contributed by atoms with E-state index in [-0.39, 0.29) is 12.6 Å². The van der Waals surface area contributed by atoms with Gasteiger partial charge in [-0.15, -0.1) is 0 Å². The van der Waals surface area contributed by atoms with Crippen LogP contribution in [0.4, 0.5) is 0 Å². The van der Waals surface area contributed by atoms with Gasteiger partial charge < -0.3 is 10.4 Å². The highest BCUT2D eigenvalue weighted by Gasteiger charge is 1.99. The molecule has 0 saturated carbocycles. The van der Waals surface area contributed by atoms with E-state index in [0.717, 1.165) is 0 Å². The second-order valence-electron chi connectivity index (χ2n) is 2.24. The number of rotatable bonds is 3. The van der Waals surface area contributed by atoms with Crippen LogP contribution in [-0.4, -0.2) is 24.3 Å². The van der Waals surface area contributed by atoms with Gasteiger partial charge in [0.25, 0.3) is 6.07 Å². The fourth-order valence-corrected chi connectivity index (χ4v) is 0.512. The maximum absolute atomic E-state index is 10.9. The van der Waals surface area contributed by atoms with Gasteiger partial charge >= 0.3 is 6.73 Å². The van der Waals surface area contributed by atoms with Crippen LogP contribution in [0.15, 0.2) is 12.2 Å². The van der Waals surface area contributed by atoms with Crippen molar-refractivity contribution >= 4 is 5.91 Å². The first-order valence-corrected chi connectivity index (χ1v) is 3.62. The monoisotopic (exact) mass is 169 g/mol. The topological polar surface area (TPSA) is 53.7 Å². The third kappa shape index (κ3) is 5.45. The Morgan fingerprint density at radius 2 is 2.42 bits per heavy atom. The molecule has 0 fully saturated rings. The highest BCUT2D eigenvalue weighted by Crippen LogP contribution is 1.85. The van der Waals surface area contributed by atoms with Gasteiger partial charge in [-0.05, 0) is 6.92 Å². The molecule has 0 spiro atoms. The van der Waals surface area contributed by atoms with Crippen molar-refractivity contribution < 1.29 is 9.90 Å². The Hall–Kier alpha value is -1.34. The predicted octanol–water partition coefficient (Wildman–Crippen LogP) is 0.351. The van der Waals surface area contributed by atoms with Crippen LogP contribution in [-0.2, 0) is 4.79 Å². The number of hydrogen-bond acceptors (Lipinski definition) is 2. The summed E-state index contributed by atoms with van der Waals surface area (Å²) >= 11 is 0. The Labute approximate surface area is 71.7 Å². The lowest BCUT2D eigenvalue weighted by Gasteiger charge is -1.98. The molecule has 0 unspecified atom stereocenters. The van der Waals surface area contributed by atoms with Crippen LogP contribution in [0.3, 0.4) is 0 Å². The van der Waals surface area contributed by atoms with Crippen molar-refractivity contribution in [2.45, 2.75) is 13.3 Å². The van der Waals surface area contributed by atoms with E-state index < -0.39 is 0 Å². The van der Waals surface area contributed by atoms with Gasteiger partial charge in [-0.3, -0.25) is 4.79 Å². The zero-order valence-corrected chi connectivity index (χ0v) is 7.13. The number of amides is 1. The summed E-state index contributed by atoms with van der Waals surface area (Å²) in [5.74, 6) is -0.166. The van der Waals surface area contributed by atoms with E-state index in [1.807, 2.05) is 0 Å². The molecule has 2 N–H and O–H groups in total. The SMILES string of the molecule is C=C(C)C(=O)NCCC#[N+]CO. The van der Waals surface area contributed by atoms with Gasteiger partial charge in [0.05, 0.1) is 6.42 Å². The first kappa shape index (κ1) is 10.7. The Morgan fingerprint density at radius 3 is 2.92 bits per heavy atom. The molecule has 0 aromatic rings. The predicted molar refractivity (Wildman–Crippen MR) is 46.8 cm³/mol. The molecule has 0 aliphatic heterocycles. The lowest BCUT2D eigenvalue weighted by Crippen LogP contribution is -2.24. The van der Waals surface area contributed by atoms with Crippen LogP contribution in [0.5, 0.6) is 0 Å². The van der Waals surface area contributed by atoms with E-state index in [0.29, 0.717) is 18.5 Å². The molecule has 0 radical (unpaired) electrons. The normalized spacial score (nSPS) is 8.17. The minimum Gasteiger partial charge on any atom is -0.351 e. The molecule has 0 aromatic carbocycles. The Balaban J connectivity index is 3.44. The van der Waals surface area contributed by atoms with Gasteiger partial charge in [-0.1, -0.05) is 11.4 Å². The lowest BCUT2D eigenvalue weighted by atomic mass is 10.3. The van der Waals surface area contributed by atoms with Crippen LogP contribution < -0.4 is 5.32 Å². The van der Waals surface area contributed by atoms with E-state index >= 15 is 0 Å². The fourth-order valence-electron chi connectivity index (χ4n) is 0.512. The number of hydrogen-bond donors (Lipinski definition) is 2. The quantitative estimate of drug-likeness (QED) is 0.473. The van der Waals surface area contributed by atoms with Crippen LogP contribution in [0.1, 0.15) is 13.3 Å². The van der Waals surface area contributed by atoms with Crippen LogP contribution in [0.2, 0.25) is 0 Å². The highest BCUT2D eigenvalue weighted by molar-refractivity contribution is 5.92. The number of aliphatic hydroxyl groups is 1. The van der Waals surface area contributed by atoms with Gasteiger partial charge in [0.1, 0.15) is 0 Å². The smallest absolute Gasteiger partial charge is 0.351 e. The third-order valence-corrected chi connectivity index (χ3v) is 1.09. The molecule has 0 atom stereocenters. The van der Waals surface area contributed by atoms with Gasteiger partial charge in [-0.2, -0.15) is 0 Å². The van der Waals surface area contributed by atoms with E-state index in [9.17, 15) is 4.79 Å². The summed E-state index contributed by atoms with van der Waals surface area (Å²) in [6.45, 7) is 5.33. The first-order chi connectivity index (χ1) is 5.68. The molecule has 0 bridgehead atoms. The van der Waals surface area contributed by atoms with E-state index in [1.165, 1.54) is 0 Å². The van der Waals surface area contributed by atoms with Crippen LogP contribution >= 0.6 is 0 Å². The van der Waals surface area contributed by atoms with Crippen molar-refractivity contribution in [3.63, 3.8) is 0 Å². The second kappa shape index (κ2) is 6.38. The van der Waals surface area contributed by atoms with Crippen molar-refractivity contribution in [2.75, 3.05) is 13.3 Å². The van der Waals surface area contributed by atoms with E-state index in [4.69, 9.17) is 5.11 Å². The maximum atomic E-state index is 10.9. The summed E-state index contributed by atoms with van der Waals surface area (Å²) in [6, 6.07) is 2.56. The Kier molecular flexibility index (Phi) is 5.66. The molecule has 0 rings (SSSR count). The van der Waals surface area contributed by atoms with Gasteiger partial charge in [0, 0.05) is 12.1 Å². The molecule has 0 saturated heterocycles. The van der Waals surface area contributed by atoms with Crippen LogP contribution in [0.25, 0.3) is 4.85 Å². The number of nitrogens with zero attached hydrogens (tertiary/aromatic N) is 1. The fraction of sp³-hybridized carbons (Fsp3) is 0.500. The molecular formula is C8H13N2O2+. The average Bonchev–Trinajstić information content (AvgIpc) is 2.03. The number of carbonyl (C=O) groups excluding carboxylic acids is 1. The Bertz CT molecular complexity index is 225. The number of aliphatic hydroxyl groups excluding tert-OH is 1. The molecule has 0 aliphatic carbocycles. The largest absolute Gasteiger partial charge is 0.365 e. The average molecular weight is 169 g/mol. The molecule has 0 aliphatic rings. The summed E-state index contributed by atoms with van der Waals surface area (Å²) in [7, 11) is 0. The molecule has 1 amide bonds. The van der Waals surface area contributed by atoms with Crippen molar-refractivity contribution in [2.24, 2.45) is 0 Å². The molecule has 0 aromatic heterocycles. The lowest BCUT2D eigenvalue weighted by molar-refractivity contribution is -0.117. The van der Waals surface area contributed by atoms with Gasteiger partial charge in [0.15, 0.2) is 0 Å². The minimum atomic E-state index is -0.256. The molecule has 0 heterocycles. The van der Waals surface area contributed by atoms with Crippen molar-refractivity contribution in [3.8, 4) is 6.07 Å². The third-order valence-electron chi connectivity index (χ3n) is 1.09. The Morgan fingerprint density at radius 1 is 1.75 bits per heavy atom. The standard InChI is InChI=1S/C8H12N2O2/c1-7(2)8(12)10-5-3-4-9-6-11/h11H,1,3,5-6H2,2H3/p+1. The molecule has 66 valence electrons. The number of nitrogens with one attached hydrogen (secondary N) is 1. The molecular weight excluding hydrogens is 156 g/mol. The summed E-state index contributed by atoms with van der Waals surface area (Å²) in [6.07, 6.45) is 0.500. The zero-order chi connectivity index (χ0) is 9.40. The van der Waals surface area contributed by atoms with E-state index in [1.54, 1.807) is 6.92 Å². The summed E-state index contributed by atoms with van der Waals surface area (Å²) in [5.41, 5.74) is 0.481. The van der Waals surface area contributed by atoms with Crippen molar-refractivity contribution in [1.82, 2.24) is 5.32 Å². The van der Waals surface area contributed by atoms with E-state index in [2.05, 4.69) is 22.8 Å². The summed E-state index contributed by atoms with van der Waals surface area (Å²) < 4.78 is 0. The maximum Gasteiger partial charge on any atom is 0.365 e. The van der Waals surface area contributed by atoms with Gasteiger partial charge in [0.2, 0.25) is 5.91 Å². The first-order valence-electron chi connectivity index (χ1n) is 3.62. The van der Waals surface area contributed by atoms with Crippen LogP contribution in [0, 0.1) is 6.07 Å². The van der Waals surface area contributed by atoms with Crippen molar-refractivity contribution in [3.05, 3.63) is 17.0 Å². The minimum absolute atomic E-state index is 0.166. The van der Waals surface area contributed by atoms with Gasteiger partial charge in [-0.25, -0.2) is 0 Å². The summed E-state index contributed by atoms with van der Waals surface area (Å²) in [5, 5.41) is 10.8. The molecule has 4 heteroatoms. The molecule has 12 heavy (non-hydrogen) atoms. The number of carbonyl (C=O) groups is 1. The van der Waals surface area contributed by atoms with Crippen molar-refractivity contribution in [1.29, 1.82) is 0 Å².